The fourth-order valence-electron chi connectivity index (χ4n) is 3.12. The summed E-state index contributed by atoms with van der Waals surface area (Å²) in [7, 11) is -4.02. The van der Waals surface area contributed by atoms with E-state index in [9.17, 15) is 17.6 Å². The molecule has 4 aromatic rings. The van der Waals surface area contributed by atoms with Gasteiger partial charge >= 0.3 is 0 Å². The molecule has 0 unspecified atom stereocenters. The van der Waals surface area contributed by atoms with Crippen LogP contribution in [0.3, 0.4) is 0 Å². The summed E-state index contributed by atoms with van der Waals surface area (Å²) in [6.45, 7) is 2.42. The van der Waals surface area contributed by atoms with Crippen LogP contribution in [0.4, 0.5) is 15.2 Å². The van der Waals surface area contributed by atoms with Crippen LogP contribution in [0.1, 0.15) is 17.3 Å². The minimum atomic E-state index is -4.02. The summed E-state index contributed by atoms with van der Waals surface area (Å²) in [5.74, 6) is -0.423. The van der Waals surface area contributed by atoms with E-state index in [0.29, 0.717) is 23.2 Å². The summed E-state index contributed by atoms with van der Waals surface area (Å²) < 4.78 is 46.7. The molecule has 4 rings (SSSR count). The standard InChI is InChI=1S/C24H20FN3O4S2/c1-2-32-22-10-6-3-7-18(22)21-15-33-24(26-21)27-23(29)16-11-13-17(14-12-16)34(30,31)28-20-9-5-4-8-19(20)25/h3-15,28H,2H2,1H3,(H,26,27,29). The zero-order chi connectivity index (χ0) is 24.1. The number of para-hydroxylation sites is 2. The summed E-state index contributed by atoms with van der Waals surface area (Å²) in [5, 5.41) is 4.93. The second-order valence-electron chi connectivity index (χ2n) is 7.03. The third kappa shape index (κ3) is 5.24. The Balaban J connectivity index is 1.46. The van der Waals surface area contributed by atoms with E-state index < -0.39 is 21.7 Å². The molecule has 0 aliphatic carbocycles. The smallest absolute Gasteiger partial charge is 0.261 e. The van der Waals surface area contributed by atoms with Gasteiger partial charge in [0.05, 0.1) is 22.9 Å². The lowest BCUT2D eigenvalue weighted by molar-refractivity contribution is 0.102. The predicted octanol–water partition coefficient (Wildman–Crippen LogP) is 5.40. The van der Waals surface area contributed by atoms with Crippen LogP contribution < -0.4 is 14.8 Å². The lowest BCUT2D eigenvalue weighted by Crippen LogP contribution is -2.15. The van der Waals surface area contributed by atoms with E-state index in [4.69, 9.17) is 4.74 Å². The van der Waals surface area contributed by atoms with Crippen molar-refractivity contribution in [3.05, 3.63) is 89.6 Å². The number of nitrogens with one attached hydrogen (secondary N) is 2. The fraction of sp³-hybridized carbons (Fsp3) is 0.0833. The van der Waals surface area contributed by atoms with Crippen molar-refractivity contribution in [1.82, 2.24) is 4.98 Å². The highest BCUT2D eigenvalue weighted by atomic mass is 32.2. The number of aromatic nitrogens is 1. The molecule has 174 valence electrons. The molecule has 0 aliphatic rings. The van der Waals surface area contributed by atoms with Gasteiger partial charge in [-0.2, -0.15) is 0 Å². The average molecular weight is 498 g/mol. The molecule has 1 heterocycles. The first-order chi connectivity index (χ1) is 16.4. The Bertz CT molecular complexity index is 1420. The third-order valence-electron chi connectivity index (χ3n) is 4.73. The number of hydrogen-bond acceptors (Lipinski definition) is 6. The number of carbonyl (C=O) groups is 1. The van der Waals surface area contributed by atoms with Crippen LogP contribution in [0.15, 0.2) is 83.1 Å². The van der Waals surface area contributed by atoms with Crippen molar-refractivity contribution in [1.29, 1.82) is 0 Å². The molecule has 1 aromatic heterocycles. The van der Waals surface area contributed by atoms with Gasteiger partial charge in [-0.25, -0.2) is 17.8 Å². The molecule has 0 atom stereocenters. The van der Waals surface area contributed by atoms with Crippen LogP contribution >= 0.6 is 11.3 Å². The van der Waals surface area contributed by atoms with Crippen molar-refractivity contribution in [2.75, 3.05) is 16.6 Å². The number of anilines is 2. The van der Waals surface area contributed by atoms with E-state index in [1.54, 1.807) is 0 Å². The molecule has 0 spiro atoms. The molecule has 0 saturated carbocycles. The van der Waals surface area contributed by atoms with Gasteiger partial charge in [0, 0.05) is 16.5 Å². The van der Waals surface area contributed by atoms with E-state index in [-0.39, 0.29) is 16.1 Å². The normalized spacial score (nSPS) is 11.1. The topological polar surface area (TPSA) is 97.4 Å². The van der Waals surface area contributed by atoms with E-state index in [1.807, 2.05) is 36.6 Å². The highest BCUT2D eigenvalue weighted by Crippen LogP contribution is 2.32. The minimum absolute atomic E-state index is 0.101. The van der Waals surface area contributed by atoms with Crippen LogP contribution in [0.5, 0.6) is 5.75 Å². The second-order valence-corrected chi connectivity index (χ2v) is 9.57. The number of halogens is 1. The Hall–Kier alpha value is -3.76. The van der Waals surface area contributed by atoms with Crippen molar-refractivity contribution in [3.8, 4) is 17.0 Å². The number of amides is 1. The summed E-state index contributed by atoms with van der Waals surface area (Å²) >= 11 is 1.26. The van der Waals surface area contributed by atoms with Crippen molar-refractivity contribution in [3.63, 3.8) is 0 Å². The first-order valence-electron chi connectivity index (χ1n) is 10.2. The number of rotatable bonds is 8. The molecule has 3 aromatic carbocycles. The van der Waals surface area contributed by atoms with Gasteiger partial charge in [-0.05, 0) is 55.5 Å². The van der Waals surface area contributed by atoms with Gasteiger partial charge in [-0.15, -0.1) is 11.3 Å². The van der Waals surface area contributed by atoms with E-state index in [2.05, 4.69) is 15.0 Å². The molecule has 1 amide bonds. The summed E-state index contributed by atoms with van der Waals surface area (Å²) in [5.41, 5.74) is 1.58. The predicted molar refractivity (Wildman–Crippen MR) is 130 cm³/mol. The van der Waals surface area contributed by atoms with Gasteiger partial charge < -0.3 is 4.74 Å². The average Bonchev–Trinajstić information content (AvgIpc) is 3.29. The van der Waals surface area contributed by atoms with Crippen LogP contribution in [-0.2, 0) is 10.0 Å². The molecule has 0 aliphatic heterocycles. The molecule has 34 heavy (non-hydrogen) atoms. The first kappa shape index (κ1) is 23.4. The zero-order valence-electron chi connectivity index (χ0n) is 18.0. The van der Waals surface area contributed by atoms with Crippen molar-refractivity contribution in [2.45, 2.75) is 11.8 Å². The number of sulfonamides is 1. The third-order valence-corrected chi connectivity index (χ3v) is 6.87. The molecule has 0 radical (unpaired) electrons. The molecular weight excluding hydrogens is 477 g/mol. The SMILES string of the molecule is CCOc1ccccc1-c1csc(NC(=O)c2ccc(S(=O)(=O)Nc3ccccc3F)cc2)n1. The number of benzene rings is 3. The lowest BCUT2D eigenvalue weighted by Gasteiger charge is -2.09. The van der Waals surface area contributed by atoms with Crippen molar-refractivity contribution < 1.29 is 22.3 Å². The fourth-order valence-corrected chi connectivity index (χ4v) is 4.89. The monoisotopic (exact) mass is 497 g/mol. The number of nitrogens with zero attached hydrogens (tertiary/aromatic N) is 1. The lowest BCUT2D eigenvalue weighted by atomic mass is 10.1. The van der Waals surface area contributed by atoms with Crippen LogP contribution in [0.25, 0.3) is 11.3 Å². The molecule has 0 bridgehead atoms. The maximum Gasteiger partial charge on any atom is 0.261 e. The quantitative estimate of drug-likeness (QED) is 0.340. The Labute approximate surface area is 200 Å². The highest BCUT2D eigenvalue weighted by molar-refractivity contribution is 7.92. The maximum atomic E-state index is 13.8. The van der Waals surface area contributed by atoms with Gasteiger partial charge in [-0.1, -0.05) is 24.3 Å². The number of thiazole rings is 1. The number of hydrogen-bond donors (Lipinski definition) is 2. The maximum absolute atomic E-state index is 13.8. The highest BCUT2D eigenvalue weighted by Gasteiger charge is 2.18. The van der Waals surface area contributed by atoms with Crippen molar-refractivity contribution in [2.24, 2.45) is 0 Å². The Morgan fingerprint density at radius 2 is 1.74 bits per heavy atom. The summed E-state index contributed by atoms with van der Waals surface area (Å²) in [6, 6.07) is 18.3. The Morgan fingerprint density at radius 3 is 2.47 bits per heavy atom. The van der Waals surface area contributed by atoms with Gasteiger partial charge in [-0.3, -0.25) is 14.8 Å². The summed E-state index contributed by atoms with van der Waals surface area (Å²) in [4.78, 5) is 17.0. The van der Waals surface area contributed by atoms with Crippen LogP contribution in [0, 0.1) is 5.82 Å². The molecule has 7 nitrogen and oxygen atoms in total. The van der Waals surface area contributed by atoms with Gasteiger partial charge in [0.2, 0.25) is 0 Å². The van der Waals surface area contributed by atoms with Crippen LogP contribution in [0.2, 0.25) is 0 Å². The van der Waals surface area contributed by atoms with Gasteiger partial charge in [0.15, 0.2) is 5.13 Å². The van der Waals surface area contributed by atoms with E-state index in [1.165, 1.54) is 53.8 Å². The van der Waals surface area contributed by atoms with Crippen molar-refractivity contribution >= 4 is 38.1 Å². The molecule has 10 heteroatoms. The molecule has 0 saturated heterocycles. The minimum Gasteiger partial charge on any atom is -0.493 e. The Kier molecular flexibility index (Phi) is 6.90. The summed E-state index contributed by atoms with van der Waals surface area (Å²) in [6.07, 6.45) is 0. The van der Waals surface area contributed by atoms with Gasteiger partial charge in [0.25, 0.3) is 15.9 Å². The zero-order valence-corrected chi connectivity index (χ0v) is 19.6. The molecular formula is C24H20FN3O4S2. The first-order valence-corrected chi connectivity index (χ1v) is 12.6. The van der Waals surface area contributed by atoms with Crippen LogP contribution in [-0.4, -0.2) is 25.9 Å². The van der Waals surface area contributed by atoms with E-state index >= 15 is 0 Å². The second kappa shape index (κ2) is 10.0. The number of ether oxygens (including phenoxy) is 1. The van der Waals surface area contributed by atoms with Gasteiger partial charge in [0.1, 0.15) is 11.6 Å². The number of carbonyl (C=O) groups excluding carboxylic acids is 1. The molecule has 0 fully saturated rings. The van der Waals surface area contributed by atoms with E-state index in [0.717, 1.165) is 11.6 Å². The molecule has 2 N–H and O–H groups in total. The largest absolute Gasteiger partial charge is 0.493 e. The Morgan fingerprint density at radius 1 is 1.03 bits per heavy atom.